The second-order valence-electron chi connectivity index (χ2n) is 6.90. The standard InChI is InChI=1S/C18H25N7O2/c1-24-17(26)8-13(9-23-24)25-6-7-27-14(11-25)2-5-20-18-15-3-4-19-10-16(15)21-12-22-18/h8-9,12,14,19H,2-7,10-11H2,1H3,(H,20,21,22). The fourth-order valence-corrected chi connectivity index (χ4v) is 3.55. The van der Waals surface area contributed by atoms with Crippen LogP contribution in [0.25, 0.3) is 0 Å². The zero-order valence-electron chi connectivity index (χ0n) is 15.5. The summed E-state index contributed by atoms with van der Waals surface area (Å²) in [6.45, 7) is 4.71. The van der Waals surface area contributed by atoms with Crippen LogP contribution in [0.4, 0.5) is 11.5 Å². The van der Waals surface area contributed by atoms with Crippen LogP contribution in [-0.2, 0) is 24.8 Å². The van der Waals surface area contributed by atoms with E-state index < -0.39 is 0 Å². The molecule has 0 aliphatic carbocycles. The lowest BCUT2D eigenvalue weighted by atomic mass is 10.1. The van der Waals surface area contributed by atoms with Gasteiger partial charge in [0.2, 0.25) is 0 Å². The number of morpholine rings is 1. The average Bonchev–Trinajstić information content (AvgIpc) is 2.70. The van der Waals surface area contributed by atoms with Gasteiger partial charge in [0, 0.05) is 44.9 Å². The summed E-state index contributed by atoms with van der Waals surface area (Å²) in [6.07, 6.45) is 5.28. The second-order valence-corrected chi connectivity index (χ2v) is 6.90. The molecule has 2 aromatic rings. The van der Waals surface area contributed by atoms with Crippen LogP contribution in [0.2, 0.25) is 0 Å². The molecule has 1 atom stereocenters. The first-order valence-electron chi connectivity index (χ1n) is 9.38. The van der Waals surface area contributed by atoms with Gasteiger partial charge in [-0.05, 0) is 19.4 Å². The van der Waals surface area contributed by atoms with Crippen LogP contribution >= 0.6 is 0 Å². The smallest absolute Gasteiger partial charge is 0.268 e. The molecule has 0 saturated carbocycles. The summed E-state index contributed by atoms with van der Waals surface area (Å²) in [5.74, 6) is 0.935. The molecule has 4 heterocycles. The number of fused-ring (bicyclic) bond motifs is 1. The van der Waals surface area contributed by atoms with Crippen LogP contribution in [0.15, 0.2) is 23.4 Å². The van der Waals surface area contributed by atoms with Crippen LogP contribution in [0, 0.1) is 0 Å². The molecule has 4 rings (SSSR count). The van der Waals surface area contributed by atoms with Gasteiger partial charge in [0.15, 0.2) is 0 Å². The molecule has 27 heavy (non-hydrogen) atoms. The molecule has 0 spiro atoms. The number of aromatic nitrogens is 4. The SMILES string of the molecule is Cn1ncc(N2CCOC(CCNc3ncnc4c3CCNC4)C2)cc1=O. The Morgan fingerprint density at radius 2 is 2.33 bits per heavy atom. The van der Waals surface area contributed by atoms with Crippen molar-refractivity contribution in [3.05, 3.63) is 40.2 Å². The Morgan fingerprint density at radius 1 is 1.41 bits per heavy atom. The van der Waals surface area contributed by atoms with Crippen LogP contribution in [-0.4, -0.2) is 58.6 Å². The normalized spacial score (nSPS) is 19.6. The first-order chi connectivity index (χ1) is 13.2. The molecule has 1 unspecified atom stereocenters. The summed E-state index contributed by atoms with van der Waals surface area (Å²) < 4.78 is 7.24. The maximum absolute atomic E-state index is 11.8. The number of hydrogen-bond donors (Lipinski definition) is 2. The van der Waals surface area contributed by atoms with Crippen molar-refractivity contribution in [2.75, 3.05) is 43.0 Å². The number of nitrogens with zero attached hydrogens (tertiary/aromatic N) is 5. The zero-order valence-corrected chi connectivity index (χ0v) is 15.5. The van der Waals surface area contributed by atoms with E-state index in [1.807, 2.05) is 0 Å². The number of hydrogen-bond acceptors (Lipinski definition) is 8. The minimum atomic E-state index is -0.0970. The van der Waals surface area contributed by atoms with Gasteiger partial charge < -0.3 is 20.3 Å². The molecule has 9 heteroatoms. The van der Waals surface area contributed by atoms with Gasteiger partial charge in [-0.1, -0.05) is 0 Å². The Morgan fingerprint density at radius 3 is 3.22 bits per heavy atom. The van der Waals surface area contributed by atoms with E-state index in [1.165, 1.54) is 10.2 Å². The molecule has 2 N–H and O–H groups in total. The zero-order chi connectivity index (χ0) is 18.6. The molecule has 0 radical (unpaired) electrons. The number of anilines is 2. The highest BCUT2D eigenvalue weighted by molar-refractivity contribution is 5.47. The minimum absolute atomic E-state index is 0.0970. The lowest BCUT2D eigenvalue weighted by Gasteiger charge is -2.34. The van der Waals surface area contributed by atoms with Gasteiger partial charge >= 0.3 is 0 Å². The highest BCUT2D eigenvalue weighted by atomic mass is 16.5. The van der Waals surface area contributed by atoms with Crippen LogP contribution in [0.5, 0.6) is 0 Å². The Balaban J connectivity index is 1.34. The Bertz CT molecular complexity index is 854. The lowest BCUT2D eigenvalue weighted by Crippen LogP contribution is -2.43. The molecule has 2 aliphatic rings. The van der Waals surface area contributed by atoms with Crippen molar-refractivity contribution in [3.8, 4) is 0 Å². The van der Waals surface area contributed by atoms with Crippen LogP contribution in [0.1, 0.15) is 17.7 Å². The number of nitrogens with one attached hydrogen (secondary N) is 2. The maximum atomic E-state index is 11.8. The molecule has 9 nitrogen and oxygen atoms in total. The summed E-state index contributed by atoms with van der Waals surface area (Å²) in [6, 6.07) is 1.63. The molecule has 1 saturated heterocycles. The largest absolute Gasteiger partial charge is 0.374 e. The fraction of sp³-hybridized carbons (Fsp3) is 0.556. The van der Waals surface area contributed by atoms with E-state index in [9.17, 15) is 4.79 Å². The molecule has 0 amide bonds. The minimum Gasteiger partial charge on any atom is -0.374 e. The number of rotatable bonds is 5. The number of ether oxygens (including phenoxy) is 1. The third-order valence-corrected chi connectivity index (χ3v) is 5.10. The maximum Gasteiger partial charge on any atom is 0.268 e. The van der Waals surface area contributed by atoms with Gasteiger partial charge in [0.25, 0.3) is 5.56 Å². The van der Waals surface area contributed by atoms with Crippen molar-refractivity contribution >= 4 is 11.5 Å². The molecule has 2 aromatic heterocycles. The first-order valence-corrected chi connectivity index (χ1v) is 9.38. The molecule has 2 aliphatic heterocycles. The van der Waals surface area contributed by atoms with Crippen molar-refractivity contribution < 1.29 is 4.74 Å². The quantitative estimate of drug-likeness (QED) is 0.754. The van der Waals surface area contributed by atoms with E-state index in [2.05, 4.69) is 30.6 Å². The summed E-state index contributed by atoms with van der Waals surface area (Å²) in [7, 11) is 1.65. The van der Waals surface area contributed by atoms with E-state index in [0.717, 1.165) is 62.8 Å². The summed E-state index contributed by atoms with van der Waals surface area (Å²) in [4.78, 5) is 22.8. The Hall–Kier alpha value is -2.52. The van der Waals surface area contributed by atoms with Crippen molar-refractivity contribution in [1.29, 1.82) is 0 Å². The van der Waals surface area contributed by atoms with Crippen molar-refractivity contribution in [2.24, 2.45) is 7.05 Å². The topological polar surface area (TPSA) is 97.2 Å². The molecule has 144 valence electrons. The van der Waals surface area contributed by atoms with Gasteiger partial charge in [-0.2, -0.15) is 5.10 Å². The third kappa shape index (κ3) is 4.09. The summed E-state index contributed by atoms with van der Waals surface area (Å²) in [5, 5.41) is 10.9. The predicted octanol–water partition coefficient (Wildman–Crippen LogP) is -0.0766. The average molecular weight is 371 g/mol. The Kier molecular flexibility index (Phi) is 5.30. The highest BCUT2D eigenvalue weighted by Gasteiger charge is 2.22. The molecular weight excluding hydrogens is 346 g/mol. The van der Waals surface area contributed by atoms with Crippen LogP contribution in [0.3, 0.4) is 0 Å². The van der Waals surface area contributed by atoms with Gasteiger partial charge in [-0.15, -0.1) is 0 Å². The molecule has 0 aromatic carbocycles. The monoisotopic (exact) mass is 371 g/mol. The van der Waals surface area contributed by atoms with Crippen LogP contribution < -0.4 is 21.1 Å². The van der Waals surface area contributed by atoms with Gasteiger partial charge in [-0.3, -0.25) is 4.79 Å². The lowest BCUT2D eigenvalue weighted by molar-refractivity contribution is 0.0374. The predicted molar refractivity (Wildman–Crippen MR) is 102 cm³/mol. The Labute approximate surface area is 157 Å². The van der Waals surface area contributed by atoms with E-state index in [1.54, 1.807) is 25.6 Å². The highest BCUT2D eigenvalue weighted by Crippen LogP contribution is 2.20. The molecule has 1 fully saturated rings. The molecular formula is C18H25N7O2. The van der Waals surface area contributed by atoms with Gasteiger partial charge in [0.1, 0.15) is 12.1 Å². The molecule has 0 bridgehead atoms. The van der Waals surface area contributed by atoms with Gasteiger partial charge in [-0.25, -0.2) is 14.6 Å². The first kappa shape index (κ1) is 17.9. The van der Waals surface area contributed by atoms with E-state index in [-0.39, 0.29) is 11.7 Å². The third-order valence-electron chi connectivity index (χ3n) is 5.10. The van der Waals surface area contributed by atoms with E-state index >= 15 is 0 Å². The summed E-state index contributed by atoms with van der Waals surface area (Å²) >= 11 is 0. The van der Waals surface area contributed by atoms with E-state index in [4.69, 9.17) is 4.74 Å². The van der Waals surface area contributed by atoms with Crippen molar-refractivity contribution in [3.63, 3.8) is 0 Å². The van der Waals surface area contributed by atoms with Crippen molar-refractivity contribution in [2.45, 2.75) is 25.5 Å². The second kappa shape index (κ2) is 8.01. The number of aryl methyl sites for hydroxylation is 1. The van der Waals surface area contributed by atoms with E-state index in [0.29, 0.717) is 6.61 Å². The van der Waals surface area contributed by atoms with Crippen molar-refractivity contribution in [1.82, 2.24) is 25.1 Å². The summed E-state index contributed by atoms with van der Waals surface area (Å²) in [5.41, 5.74) is 3.06. The van der Waals surface area contributed by atoms with Gasteiger partial charge in [0.05, 0.1) is 30.3 Å². The fourth-order valence-electron chi connectivity index (χ4n) is 3.55.